The van der Waals surface area contributed by atoms with Crippen molar-refractivity contribution < 1.29 is 19.7 Å². The predicted molar refractivity (Wildman–Crippen MR) is 35.2 cm³/mol. The van der Waals surface area contributed by atoms with E-state index in [0.29, 0.717) is 13.2 Å². The fourth-order valence-electron chi connectivity index (χ4n) is 0.517. The molecule has 0 aromatic carbocycles. The molecule has 1 aliphatic rings. The Morgan fingerprint density at radius 2 is 2.10 bits per heavy atom. The van der Waals surface area contributed by atoms with Crippen LogP contribution in [0.4, 0.5) is 0 Å². The van der Waals surface area contributed by atoms with Gasteiger partial charge in [0.1, 0.15) is 0 Å². The van der Waals surface area contributed by atoms with Crippen molar-refractivity contribution in [3.63, 3.8) is 0 Å². The molecule has 0 spiro atoms. The Balaban J connectivity index is 0.000000236. The van der Waals surface area contributed by atoms with Crippen LogP contribution in [0.5, 0.6) is 0 Å². The second kappa shape index (κ2) is 5.46. The molecule has 0 bridgehead atoms. The molecule has 2 N–H and O–H groups in total. The molecular weight excluding hydrogens is 160 g/mol. The van der Waals surface area contributed by atoms with E-state index in [0.717, 1.165) is 0 Å². The van der Waals surface area contributed by atoms with Gasteiger partial charge in [0.15, 0.2) is 0 Å². The molecule has 0 aromatic rings. The molecule has 1 rings (SSSR count). The van der Waals surface area contributed by atoms with Gasteiger partial charge in [-0.05, 0) is 0 Å². The van der Waals surface area contributed by atoms with Gasteiger partial charge in [-0.3, -0.25) is 4.79 Å². The van der Waals surface area contributed by atoms with Crippen LogP contribution in [0.25, 0.3) is 0 Å². The van der Waals surface area contributed by atoms with E-state index in [4.69, 9.17) is 31.3 Å². The standard InChI is InChI=1S/C4H7ClO2.CH2O2/c5-3-1-7-2-4(3)6;2-1-3/h3-4,6H,1-2H2;1H,(H,2,3). The smallest absolute Gasteiger partial charge is 0.290 e. The van der Waals surface area contributed by atoms with Gasteiger partial charge in [-0.25, -0.2) is 0 Å². The predicted octanol–water partition coefficient (Wildman–Crippen LogP) is -0.314. The second-order valence-electron chi connectivity index (χ2n) is 1.73. The highest BCUT2D eigenvalue weighted by atomic mass is 35.5. The Kier molecular flexibility index (Phi) is 5.29. The minimum atomic E-state index is -0.443. The molecule has 60 valence electrons. The summed E-state index contributed by atoms with van der Waals surface area (Å²) in [5.74, 6) is 0. The van der Waals surface area contributed by atoms with Gasteiger partial charge in [-0.15, -0.1) is 11.6 Å². The molecule has 1 aliphatic heterocycles. The van der Waals surface area contributed by atoms with Crippen LogP contribution in [0.15, 0.2) is 0 Å². The van der Waals surface area contributed by atoms with Crippen molar-refractivity contribution >= 4 is 18.1 Å². The quantitative estimate of drug-likeness (QED) is 0.385. The zero-order chi connectivity index (χ0) is 7.98. The normalized spacial score (nSPS) is 30.6. The van der Waals surface area contributed by atoms with E-state index < -0.39 is 6.10 Å². The number of hydrogen-bond donors (Lipinski definition) is 2. The molecule has 4 nitrogen and oxygen atoms in total. The highest BCUT2D eigenvalue weighted by Crippen LogP contribution is 2.10. The number of carbonyl (C=O) groups is 1. The van der Waals surface area contributed by atoms with E-state index in [9.17, 15) is 0 Å². The first kappa shape index (κ1) is 9.68. The van der Waals surface area contributed by atoms with Crippen molar-refractivity contribution in [2.75, 3.05) is 13.2 Å². The minimum Gasteiger partial charge on any atom is -0.483 e. The molecule has 2 unspecified atom stereocenters. The summed E-state index contributed by atoms with van der Waals surface area (Å²) in [6, 6.07) is 0. The van der Waals surface area contributed by atoms with Crippen LogP contribution in [0.1, 0.15) is 0 Å². The molecule has 2 atom stereocenters. The number of aliphatic hydroxyl groups excluding tert-OH is 1. The molecule has 1 fully saturated rings. The largest absolute Gasteiger partial charge is 0.483 e. The van der Waals surface area contributed by atoms with Gasteiger partial charge < -0.3 is 14.9 Å². The molecule has 0 aliphatic carbocycles. The maximum atomic E-state index is 8.74. The number of ether oxygens (including phenoxy) is 1. The first-order valence-corrected chi connectivity index (χ1v) is 3.13. The van der Waals surface area contributed by atoms with E-state index in [1.165, 1.54) is 0 Å². The van der Waals surface area contributed by atoms with Crippen LogP contribution in [0.2, 0.25) is 0 Å². The summed E-state index contributed by atoms with van der Waals surface area (Å²) in [5.41, 5.74) is 0. The average molecular weight is 169 g/mol. The molecular formula is C5H9ClO4. The van der Waals surface area contributed by atoms with Crippen molar-refractivity contribution in [3.8, 4) is 0 Å². The van der Waals surface area contributed by atoms with Gasteiger partial charge in [0.2, 0.25) is 0 Å². The second-order valence-corrected chi connectivity index (χ2v) is 2.29. The number of carboxylic acid groups (broad SMARTS) is 1. The first-order chi connectivity index (χ1) is 4.72. The Bertz CT molecular complexity index is 89.6. The number of alkyl halides is 1. The monoisotopic (exact) mass is 168 g/mol. The Labute approximate surface area is 63.4 Å². The summed E-state index contributed by atoms with van der Waals surface area (Å²) in [4.78, 5) is 8.36. The third kappa shape index (κ3) is 3.66. The van der Waals surface area contributed by atoms with Crippen LogP contribution >= 0.6 is 11.6 Å². The van der Waals surface area contributed by atoms with Crippen LogP contribution in [0, 0.1) is 0 Å². The zero-order valence-electron chi connectivity index (χ0n) is 5.24. The number of aliphatic hydroxyl groups is 1. The molecule has 5 heteroatoms. The molecule has 0 radical (unpaired) electrons. The summed E-state index contributed by atoms with van der Waals surface area (Å²) in [7, 11) is 0. The maximum Gasteiger partial charge on any atom is 0.290 e. The number of hydrogen-bond acceptors (Lipinski definition) is 3. The van der Waals surface area contributed by atoms with Gasteiger partial charge in [0.05, 0.1) is 24.7 Å². The Morgan fingerprint density at radius 3 is 2.20 bits per heavy atom. The third-order valence-corrected chi connectivity index (χ3v) is 1.40. The maximum absolute atomic E-state index is 8.74. The van der Waals surface area contributed by atoms with Gasteiger partial charge in [0, 0.05) is 0 Å². The third-order valence-electron chi connectivity index (χ3n) is 0.983. The van der Waals surface area contributed by atoms with E-state index in [1.807, 2.05) is 0 Å². The van der Waals surface area contributed by atoms with Gasteiger partial charge in [-0.2, -0.15) is 0 Å². The van der Waals surface area contributed by atoms with Crippen LogP contribution in [0.3, 0.4) is 0 Å². The summed E-state index contributed by atoms with van der Waals surface area (Å²) in [6.07, 6.45) is -0.443. The van der Waals surface area contributed by atoms with Gasteiger partial charge >= 0.3 is 0 Å². The van der Waals surface area contributed by atoms with Crippen molar-refractivity contribution in [1.29, 1.82) is 0 Å². The van der Waals surface area contributed by atoms with Gasteiger partial charge in [-0.1, -0.05) is 0 Å². The van der Waals surface area contributed by atoms with Crippen LogP contribution in [-0.4, -0.2) is 41.4 Å². The lowest BCUT2D eigenvalue weighted by atomic mass is 10.3. The molecule has 1 saturated heterocycles. The van der Waals surface area contributed by atoms with Crippen LogP contribution in [-0.2, 0) is 9.53 Å². The highest BCUT2D eigenvalue weighted by Gasteiger charge is 2.22. The highest BCUT2D eigenvalue weighted by molar-refractivity contribution is 6.21. The Hall–Kier alpha value is -0.320. The molecule has 10 heavy (non-hydrogen) atoms. The molecule has 0 saturated carbocycles. The zero-order valence-corrected chi connectivity index (χ0v) is 5.99. The fraction of sp³-hybridized carbons (Fsp3) is 0.800. The summed E-state index contributed by atoms with van der Waals surface area (Å²) < 4.78 is 4.79. The van der Waals surface area contributed by atoms with Crippen molar-refractivity contribution in [1.82, 2.24) is 0 Å². The lowest BCUT2D eigenvalue weighted by molar-refractivity contribution is -0.122. The first-order valence-electron chi connectivity index (χ1n) is 2.70. The average Bonchev–Trinajstić information content (AvgIpc) is 2.19. The fourth-order valence-corrected chi connectivity index (χ4v) is 0.679. The van der Waals surface area contributed by atoms with Crippen molar-refractivity contribution in [2.45, 2.75) is 11.5 Å². The van der Waals surface area contributed by atoms with Crippen LogP contribution < -0.4 is 0 Å². The summed E-state index contributed by atoms with van der Waals surface area (Å²) >= 11 is 5.49. The van der Waals surface area contributed by atoms with Gasteiger partial charge in [0.25, 0.3) is 6.47 Å². The Morgan fingerprint density at radius 1 is 1.60 bits per heavy atom. The van der Waals surface area contributed by atoms with Crippen molar-refractivity contribution in [2.24, 2.45) is 0 Å². The van der Waals surface area contributed by atoms with E-state index in [-0.39, 0.29) is 11.8 Å². The van der Waals surface area contributed by atoms with E-state index >= 15 is 0 Å². The van der Waals surface area contributed by atoms with E-state index in [2.05, 4.69) is 0 Å². The molecule has 0 aromatic heterocycles. The molecule has 1 heterocycles. The molecule has 0 amide bonds. The summed E-state index contributed by atoms with van der Waals surface area (Å²) in [5, 5.41) is 15.4. The topological polar surface area (TPSA) is 66.8 Å². The van der Waals surface area contributed by atoms with Crippen molar-refractivity contribution in [3.05, 3.63) is 0 Å². The van der Waals surface area contributed by atoms with E-state index in [1.54, 1.807) is 0 Å². The lowest BCUT2D eigenvalue weighted by Crippen LogP contribution is -2.16. The minimum absolute atomic E-state index is 0.181. The SMILES string of the molecule is O=CO.OC1COCC1Cl. The number of rotatable bonds is 0. The summed E-state index contributed by atoms with van der Waals surface area (Å²) in [6.45, 7) is 0.636. The lowest BCUT2D eigenvalue weighted by Gasteiger charge is -1.98. The number of halogens is 1.